The first-order valence-corrected chi connectivity index (χ1v) is 8.61. The Bertz CT molecular complexity index is 645. The molecule has 1 aliphatic rings. The fraction of sp³-hybridized carbons (Fsp3) is 0.450. The first-order valence-electron chi connectivity index (χ1n) is 8.61. The third kappa shape index (κ3) is 4.26. The van der Waals surface area contributed by atoms with Gasteiger partial charge >= 0.3 is 0 Å². The summed E-state index contributed by atoms with van der Waals surface area (Å²) < 4.78 is 10.7. The number of nitrogens with zero attached hydrogens (tertiary/aromatic N) is 2. The number of rotatable bonds is 7. The van der Waals surface area contributed by atoms with Crippen LogP contribution in [0.15, 0.2) is 42.6 Å². The monoisotopic (exact) mass is 326 g/mol. The van der Waals surface area contributed by atoms with Crippen LogP contribution in [0.1, 0.15) is 17.7 Å². The Morgan fingerprint density at radius 1 is 1.12 bits per heavy atom. The largest absolute Gasteiger partial charge is 0.493 e. The van der Waals surface area contributed by atoms with Gasteiger partial charge in [-0.3, -0.25) is 4.98 Å². The summed E-state index contributed by atoms with van der Waals surface area (Å²) >= 11 is 0. The van der Waals surface area contributed by atoms with E-state index in [1.807, 2.05) is 18.3 Å². The Morgan fingerprint density at radius 2 is 2.00 bits per heavy atom. The van der Waals surface area contributed by atoms with Crippen LogP contribution in [0.2, 0.25) is 0 Å². The van der Waals surface area contributed by atoms with Gasteiger partial charge < -0.3 is 14.4 Å². The van der Waals surface area contributed by atoms with E-state index in [9.17, 15) is 0 Å². The minimum atomic E-state index is 0.715. The van der Waals surface area contributed by atoms with Gasteiger partial charge in [0.15, 0.2) is 11.5 Å². The van der Waals surface area contributed by atoms with Crippen molar-refractivity contribution in [1.82, 2.24) is 9.88 Å². The number of hydrogen-bond acceptors (Lipinski definition) is 4. The summed E-state index contributed by atoms with van der Waals surface area (Å²) in [6, 6.07) is 12.4. The van der Waals surface area contributed by atoms with E-state index in [-0.39, 0.29) is 0 Å². The van der Waals surface area contributed by atoms with E-state index in [4.69, 9.17) is 9.47 Å². The van der Waals surface area contributed by atoms with Gasteiger partial charge in [0.2, 0.25) is 0 Å². The molecule has 2 aromatic rings. The first kappa shape index (κ1) is 16.8. The molecule has 1 aromatic carbocycles. The average molecular weight is 326 g/mol. The second-order valence-electron chi connectivity index (χ2n) is 6.42. The van der Waals surface area contributed by atoms with Crippen LogP contribution in [0.3, 0.4) is 0 Å². The van der Waals surface area contributed by atoms with Crippen LogP contribution in [-0.2, 0) is 12.8 Å². The molecule has 1 unspecified atom stereocenters. The molecule has 1 aromatic heterocycles. The Hall–Kier alpha value is -2.07. The van der Waals surface area contributed by atoms with Crippen LogP contribution in [-0.4, -0.2) is 43.7 Å². The van der Waals surface area contributed by atoms with Gasteiger partial charge in [-0.2, -0.15) is 0 Å². The van der Waals surface area contributed by atoms with Crippen LogP contribution in [0, 0.1) is 5.92 Å². The highest BCUT2D eigenvalue weighted by molar-refractivity contribution is 5.43. The quantitative estimate of drug-likeness (QED) is 0.782. The van der Waals surface area contributed by atoms with Crippen molar-refractivity contribution in [2.45, 2.75) is 19.3 Å². The lowest BCUT2D eigenvalue weighted by Gasteiger charge is -2.16. The number of aromatic nitrogens is 1. The fourth-order valence-corrected chi connectivity index (χ4v) is 3.44. The van der Waals surface area contributed by atoms with Gasteiger partial charge in [-0.05, 0) is 55.1 Å². The van der Waals surface area contributed by atoms with Crippen molar-refractivity contribution in [3.05, 3.63) is 53.9 Å². The van der Waals surface area contributed by atoms with E-state index in [0.29, 0.717) is 5.92 Å². The SMILES string of the molecule is COc1ccc(CC2CCN(CCc3ccccn3)C2)cc1OC. The molecule has 4 nitrogen and oxygen atoms in total. The van der Waals surface area contributed by atoms with Crippen LogP contribution < -0.4 is 9.47 Å². The number of pyridine rings is 1. The zero-order valence-electron chi connectivity index (χ0n) is 14.6. The predicted molar refractivity (Wildman–Crippen MR) is 95.7 cm³/mol. The third-order valence-electron chi connectivity index (χ3n) is 4.75. The normalized spacial score (nSPS) is 17.8. The molecule has 0 amide bonds. The molecule has 2 heterocycles. The Balaban J connectivity index is 1.51. The molecule has 3 rings (SSSR count). The van der Waals surface area contributed by atoms with Gasteiger partial charge in [0.1, 0.15) is 0 Å². The third-order valence-corrected chi connectivity index (χ3v) is 4.75. The number of hydrogen-bond donors (Lipinski definition) is 0. The highest BCUT2D eigenvalue weighted by Gasteiger charge is 2.22. The van der Waals surface area contributed by atoms with Crippen molar-refractivity contribution < 1.29 is 9.47 Å². The number of likely N-dealkylation sites (tertiary alicyclic amines) is 1. The molecule has 128 valence electrons. The van der Waals surface area contributed by atoms with Crippen LogP contribution >= 0.6 is 0 Å². The molecule has 1 atom stereocenters. The molecule has 0 spiro atoms. The van der Waals surface area contributed by atoms with Crippen molar-refractivity contribution in [3.8, 4) is 11.5 Å². The van der Waals surface area contributed by atoms with E-state index in [2.05, 4.69) is 34.1 Å². The number of benzene rings is 1. The summed E-state index contributed by atoms with van der Waals surface area (Å²) in [5.74, 6) is 2.33. The highest BCUT2D eigenvalue weighted by Crippen LogP contribution is 2.30. The fourth-order valence-electron chi connectivity index (χ4n) is 3.44. The van der Waals surface area contributed by atoms with Crippen LogP contribution in [0.25, 0.3) is 0 Å². The summed E-state index contributed by atoms with van der Waals surface area (Å²) in [7, 11) is 3.37. The predicted octanol–water partition coefficient (Wildman–Crippen LogP) is 3.21. The van der Waals surface area contributed by atoms with Crippen molar-refractivity contribution in [3.63, 3.8) is 0 Å². The van der Waals surface area contributed by atoms with Gasteiger partial charge in [-0.15, -0.1) is 0 Å². The van der Waals surface area contributed by atoms with Crippen molar-refractivity contribution >= 4 is 0 Å². The van der Waals surface area contributed by atoms with Gasteiger partial charge in [0.05, 0.1) is 14.2 Å². The Labute approximate surface area is 144 Å². The molecular weight excluding hydrogens is 300 g/mol. The summed E-state index contributed by atoms with van der Waals surface area (Å²) in [5, 5.41) is 0. The molecule has 0 saturated carbocycles. The number of methoxy groups -OCH3 is 2. The van der Waals surface area contributed by atoms with Gasteiger partial charge in [0, 0.05) is 31.4 Å². The molecule has 4 heteroatoms. The van der Waals surface area contributed by atoms with Gasteiger partial charge in [-0.1, -0.05) is 12.1 Å². The zero-order chi connectivity index (χ0) is 16.8. The lowest BCUT2D eigenvalue weighted by Crippen LogP contribution is -2.24. The zero-order valence-corrected chi connectivity index (χ0v) is 14.6. The molecule has 0 aliphatic carbocycles. The van der Waals surface area contributed by atoms with Crippen LogP contribution in [0.4, 0.5) is 0 Å². The minimum absolute atomic E-state index is 0.715. The second kappa shape index (κ2) is 8.15. The van der Waals surface area contributed by atoms with Crippen molar-refractivity contribution in [1.29, 1.82) is 0 Å². The Kier molecular flexibility index (Phi) is 5.70. The lowest BCUT2D eigenvalue weighted by atomic mass is 9.98. The molecule has 0 N–H and O–H groups in total. The van der Waals surface area contributed by atoms with Gasteiger partial charge in [0.25, 0.3) is 0 Å². The summed E-state index contributed by atoms with van der Waals surface area (Å²) in [6.07, 6.45) is 5.26. The second-order valence-corrected chi connectivity index (χ2v) is 6.42. The summed E-state index contributed by atoms with van der Waals surface area (Å²) in [5.41, 5.74) is 2.50. The smallest absolute Gasteiger partial charge is 0.160 e. The molecular formula is C20H26N2O2. The molecule has 1 fully saturated rings. The molecule has 0 radical (unpaired) electrons. The maximum absolute atomic E-state index is 5.41. The minimum Gasteiger partial charge on any atom is -0.493 e. The topological polar surface area (TPSA) is 34.6 Å². The molecule has 1 aliphatic heterocycles. The summed E-state index contributed by atoms with van der Waals surface area (Å²) in [6.45, 7) is 3.45. The number of ether oxygens (including phenoxy) is 2. The Morgan fingerprint density at radius 3 is 2.75 bits per heavy atom. The van der Waals surface area contributed by atoms with E-state index < -0.39 is 0 Å². The lowest BCUT2D eigenvalue weighted by molar-refractivity contribution is 0.326. The maximum atomic E-state index is 5.41. The van der Waals surface area contributed by atoms with Crippen molar-refractivity contribution in [2.24, 2.45) is 5.92 Å². The molecule has 0 bridgehead atoms. The van der Waals surface area contributed by atoms with E-state index in [1.165, 1.54) is 30.8 Å². The molecule has 1 saturated heterocycles. The van der Waals surface area contributed by atoms with E-state index in [1.54, 1.807) is 14.2 Å². The maximum Gasteiger partial charge on any atom is 0.160 e. The van der Waals surface area contributed by atoms with E-state index >= 15 is 0 Å². The summed E-state index contributed by atoms with van der Waals surface area (Å²) in [4.78, 5) is 6.97. The highest BCUT2D eigenvalue weighted by atomic mass is 16.5. The van der Waals surface area contributed by atoms with Gasteiger partial charge in [-0.25, -0.2) is 0 Å². The molecule has 24 heavy (non-hydrogen) atoms. The first-order chi connectivity index (χ1) is 11.8. The van der Waals surface area contributed by atoms with E-state index in [0.717, 1.165) is 30.9 Å². The van der Waals surface area contributed by atoms with Crippen LogP contribution in [0.5, 0.6) is 11.5 Å². The standard InChI is InChI=1S/C20H26N2O2/c1-23-19-7-6-16(14-20(19)24-2)13-17-8-11-22(15-17)12-9-18-5-3-4-10-21-18/h3-7,10,14,17H,8-9,11-13,15H2,1-2H3. The van der Waals surface area contributed by atoms with Crippen molar-refractivity contribution in [2.75, 3.05) is 33.9 Å². The average Bonchev–Trinajstić information content (AvgIpc) is 3.08.